The molecular weight excluding hydrogens is 456 g/mol. The fourth-order valence-electron chi connectivity index (χ4n) is 4.43. The summed E-state index contributed by atoms with van der Waals surface area (Å²) in [5.41, 5.74) is 11.1. The molecule has 0 saturated heterocycles. The summed E-state index contributed by atoms with van der Waals surface area (Å²) in [5, 5.41) is 6.66. The van der Waals surface area contributed by atoms with Gasteiger partial charge in [0.15, 0.2) is 0 Å². The van der Waals surface area contributed by atoms with Crippen LogP contribution in [0.15, 0.2) is 54.7 Å². The van der Waals surface area contributed by atoms with Crippen molar-refractivity contribution in [2.45, 2.75) is 45.2 Å². The quantitative estimate of drug-likeness (QED) is 0.307. The minimum atomic E-state index is -0.228. The van der Waals surface area contributed by atoms with Crippen LogP contribution in [0.25, 0.3) is 22.2 Å². The van der Waals surface area contributed by atoms with Crippen molar-refractivity contribution in [1.29, 1.82) is 0 Å². The van der Waals surface area contributed by atoms with Crippen LogP contribution < -0.4 is 25.8 Å². The molecule has 2 heterocycles. The molecule has 4 aromatic rings. The number of aromatic nitrogens is 3. The average Bonchev–Trinajstić information content (AvgIpc) is 3.09. The number of amides is 2. The van der Waals surface area contributed by atoms with E-state index in [2.05, 4.69) is 25.2 Å². The molecule has 1 aliphatic carbocycles. The van der Waals surface area contributed by atoms with E-state index in [4.69, 9.17) is 15.2 Å². The van der Waals surface area contributed by atoms with Crippen molar-refractivity contribution in [1.82, 2.24) is 19.9 Å². The van der Waals surface area contributed by atoms with Gasteiger partial charge in [-0.15, -0.1) is 0 Å². The summed E-state index contributed by atoms with van der Waals surface area (Å²) >= 11 is 0. The van der Waals surface area contributed by atoms with Crippen LogP contribution in [0.5, 0.6) is 17.6 Å². The van der Waals surface area contributed by atoms with Gasteiger partial charge in [0.1, 0.15) is 5.75 Å². The second-order valence-corrected chi connectivity index (χ2v) is 9.21. The zero-order valence-corrected chi connectivity index (χ0v) is 20.6. The summed E-state index contributed by atoms with van der Waals surface area (Å²) < 4.78 is 13.4. The number of ether oxygens (including phenoxy) is 2. The zero-order valence-electron chi connectivity index (χ0n) is 20.6. The van der Waals surface area contributed by atoms with E-state index >= 15 is 0 Å². The van der Waals surface area contributed by atoms with Crippen LogP contribution in [-0.4, -0.2) is 33.7 Å². The van der Waals surface area contributed by atoms with Crippen molar-refractivity contribution < 1.29 is 14.3 Å². The molecule has 9 heteroatoms. The van der Waals surface area contributed by atoms with Crippen LogP contribution in [0.2, 0.25) is 0 Å². The Bertz CT molecular complexity index is 1390. The summed E-state index contributed by atoms with van der Waals surface area (Å²) in [6.45, 7) is 3.84. The molecule has 0 radical (unpaired) electrons. The highest BCUT2D eigenvalue weighted by atomic mass is 16.5. The summed E-state index contributed by atoms with van der Waals surface area (Å²) in [5.74, 6) is 1.06. The van der Waals surface area contributed by atoms with Crippen molar-refractivity contribution in [2.24, 2.45) is 0 Å². The number of urea groups is 1. The summed E-state index contributed by atoms with van der Waals surface area (Å²) in [7, 11) is 1.55. The third-order valence-electron chi connectivity index (χ3n) is 6.32. The van der Waals surface area contributed by atoms with Crippen molar-refractivity contribution in [2.75, 3.05) is 18.2 Å². The Labute approximate surface area is 209 Å². The smallest absolute Gasteiger partial charge is 0.325 e. The number of nitrogen functional groups attached to an aromatic ring is 1. The molecule has 1 aliphatic rings. The Morgan fingerprint density at radius 1 is 1.14 bits per heavy atom. The maximum absolute atomic E-state index is 12.1. The van der Waals surface area contributed by atoms with Gasteiger partial charge >= 0.3 is 12.0 Å². The zero-order chi connectivity index (χ0) is 25.2. The number of benzene rings is 2. The lowest BCUT2D eigenvalue weighted by Gasteiger charge is -2.30. The molecule has 5 rings (SSSR count). The fraction of sp³-hybridized carbons (Fsp3) is 0.296. The SMILES string of the molecule is COc1ccnc(Oc2ccc3c(N)c(-c4ccc(NC(=O)NC(C)C)cc4)n(C4CCC4)c3c2)n1. The molecule has 0 aliphatic heterocycles. The van der Waals surface area contributed by atoms with Gasteiger partial charge in [0.2, 0.25) is 5.88 Å². The first-order valence-corrected chi connectivity index (χ1v) is 12.1. The van der Waals surface area contributed by atoms with Crippen LogP contribution >= 0.6 is 0 Å². The predicted molar refractivity (Wildman–Crippen MR) is 141 cm³/mol. The highest BCUT2D eigenvalue weighted by Gasteiger charge is 2.27. The molecule has 0 atom stereocenters. The molecule has 0 bridgehead atoms. The second kappa shape index (κ2) is 9.77. The highest BCUT2D eigenvalue weighted by Crippen LogP contribution is 2.45. The molecule has 36 heavy (non-hydrogen) atoms. The molecule has 186 valence electrons. The van der Waals surface area contributed by atoms with E-state index in [-0.39, 0.29) is 18.1 Å². The van der Waals surface area contributed by atoms with Gasteiger partial charge in [-0.1, -0.05) is 12.1 Å². The third-order valence-corrected chi connectivity index (χ3v) is 6.32. The van der Waals surface area contributed by atoms with Crippen LogP contribution in [0.1, 0.15) is 39.2 Å². The first-order chi connectivity index (χ1) is 17.4. The Kier molecular flexibility index (Phi) is 6.37. The normalized spacial score (nSPS) is 13.4. The Hall–Kier alpha value is -4.27. The fourth-order valence-corrected chi connectivity index (χ4v) is 4.43. The van der Waals surface area contributed by atoms with Crippen molar-refractivity contribution in [3.63, 3.8) is 0 Å². The van der Waals surface area contributed by atoms with Crippen molar-refractivity contribution >= 4 is 28.3 Å². The number of anilines is 2. The topological polar surface area (TPSA) is 116 Å². The van der Waals surface area contributed by atoms with Gasteiger partial charge in [0.05, 0.1) is 24.0 Å². The van der Waals surface area contributed by atoms with E-state index in [1.165, 1.54) is 6.42 Å². The lowest BCUT2D eigenvalue weighted by molar-refractivity contribution is 0.250. The van der Waals surface area contributed by atoms with Crippen LogP contribution in [0.4, 0.5) is 16.2 Å². The number of hydrogen-bond acceptors (Lipinski definition) is 6. The van der Waals surface area contributed by atoms with Crippen molar-refractivity contribution in [3.8, 4) is 28.9 Å². The molecule has 2 aromatic heterocycles. The number of carbonyl (C=O) groups excluding carboxylic acids is 1. The van der Waals surface area contributed by atoms with Gasteiger partial charge in [0, 0.05) is 47.1 Å². The van der Waals surface area contributed by atoms with Crippen LogP contribution in [0.3, 0.4) is 0 Å². The average molecular weight is 487 g/mol. The summed E-state index contributed by atoms with van der Waals surface area (Å²) in [6.07, 6.45) is 4.97. The molecule has 1 saturated carbocycles. The maximum atomic E-state index is 12.1. The number of nitrogens with one attached hydrogen (secondary N) is 2. The van der Waals surface area contributed by atoms with E-state index < -0.39 is 0 Å². The molecule has 4 N–H and O–H groups in total. The second-order valence-electron chi connectivity index (χ2n) is 9.21. The Morgan fingerprint density at radius 2 is 1.92 bits per heavy atom. The van der Waals surface area contributed by atoms with E-state index in [1.54, 1.807) is 19.4 Å². The van der Waals surface area contributed by atoms with E-state index in [0.29, 0.717) is 17.7 Å². The first-order valence-electron chi connectivity index (χ1n) is 12.1. The van der Waals surface area contributed by atoms with Crippen LogP contribution in [0, 0.1) is 0 Å². The minimum Gasteiger partial charge on any atom is -0.481 e. The maximum Gasteiger partial charge on any atom is 0.325 e. The number of rotatable bonds is 7. The number of hydrogen-bond donors (Lipinski definition) is 3. The van der Waals surface area contributed by atoms with Gasteiger partial charge < -0.3 is 30.4 Å². The standard InChI is InChI=1S/C27H30N6O3/c1-16(2)30-26(34)31-18-9-7-17(8-10-18)25-24(28)21-12-11-20(15-22(21)33(25)19-5-4-6-19)36-27-29-14-13-23(32-27)35-3/h7-16,19H,4-6,28H2,1-3H3,(H2,30,31,34). The molecular formula is C27H30N6O3. The van der Waals surface area contributed by atoms with E-state index in [9.17, 15) is 4.79 Å². The van der Waals surface area contributed by atoms with Crippen LogP contribution in [-0.2, 0) is 0 Å². The Morgan fingerprint density at radius 3 is 2.58 bits per heavy atom. The number of methoxy groups -OCH3 is 1. The molecule has 2 aromatic carbocycles. The lowest BCUT2D eigenvalue weighted by atomic mass is 9.92. The Balaban J connectivity index is 1.50. The molecule has 0 unspecified atom stereocenters. The summed E-state index contributed by atoms with van der Waals surface area (Å²) in [4.78, 5) is 20.5. The number of fused-ring (bicyclic) bond motifs is 1. The number of carbonyl (C=O) groups is 1. The highest BCUT2D eigenvalue weighted by molar-refractivity contribution is 6.02. The first kappa shape index (κ1) is 23.5. The minimum absolute atomic E-state index is 0.0617. The summed E-state index contributed by atoms with van der Waals surface area (Å²) in [6, 6.07) is 15.7. The molecule has 1 fully saturated rings. The van der Waals surface area contributed by atoms with Crippen molar-refractivity contribution in [3.05, 3.63) is 54.7 Å². The monoisotopic (exact) mass is 486 g/mol. The van der Waals surface area contributed by atoms with Gasteiger partial charge in [-0.05, 0) is 57.4 Å². The molecule has 0 spiro atoms. The van der Waals surface area contributed by atoms with Gasteiger partial charge in [-0.3, -0.25) is 0 Å². The predicted octanol–water partition coefficient (Wildman–Crippen LogP) is 5.74. The number of nitrogens with zero attached hydrogens (tertiary/aromatic N) is 3. The lowest BCUT2D eigenvalue weighted by Crippen LogP contribution is -2.34. The van der Waals surface area contributed by atoms with Gasteiger partial charge in [0.25, 0.3) is 0 Å². The third kappa shape index (κ3) is 4.64. The van der Waals surface area contributed by atoms with E-state index in [0.717, 1.165) is 46.4 Å². The molecule has 9 nitrogen and oxygen atoms in total. The number of nitrogens with two attached hydrogens (primary N) is 1. The largest absolute Gasteiger partial charge is 0.481 e. The van der Waals surface area contributed by atoms with Gasteiger partial charge in [-0.25, -0.2) is 9.78 Å². The van der Waals surface area contributed by atoms with Gasteiger partial charge in [-0.2, -0.15) is 4.98 Å². The van der Waals surface area contributed by atoms with E-state index in [1.807, 2.05) is 56.3 Å². The molecule has 2 amide bonds.